The quantitative estimate of drug-likeness (QED) is 0.489. The van der Waals surface area contributed by atoms with Crippen LogP contribution < -0.4 is 0 Å². The lowest BCUT2D eigenvalue weighted by atomic mass is 9.56. The molecule has 2 rings (SSSR count). The van der Waals surface area contributed by atoms with E-state index in [1.54, 1.807) is 12.1 Å². The van der Waals surface area contributed by atoms with E-state index in [0.717, 1.165) is 22.3 Å². The summed E-state index contributed by atoms with van der Waals surface area (Å²) >= 11 is 0. The Bertz CT molecular complexity index is 942. The van der Waals surface area contributed by atoms with Crippen LogP contribution in [0, 0.1) is 10.8 Å². The summed E-state index contributed by atoms with van der Waals surface area (Å²) in [4.78, 5) is 0. The SMILES string of the molecule is CC(C)(C)c1c(O)ccc(C(OCc2ccc(O)cc2)(C(C)(C)C)C(C)(C)C)c1C(C)(C)C. The van der Waals surface area contributed by atoms with Crippen LogP contribution >= 0.6 is 0 Å². The van der Waals surface area contributed by atoms with Gasteiger partial charge in [0.05, 0.1) is 6.61 Å². The molecule has 0 heterocycles. The first-order valence-corrected chi connectivity index (χ1v) is 12.0. The fraction of sp³-hybridized carbons (Fsp3) is 0.600. The van der Waals surface area contributed by atoms with E-state index in [4.69, 9.17) is 4.74 Å². The second kappa shape index (κ2) is 8.65. The molecule has 33 heavy (non-hydrogen) atoms. The molecule has 0 fully saturated rings. The zero-order chi connectivity index (χ0) is 25.6. The van der Waals surface area contributed by atoms with Crippen LogP contribution in [0.4, 0.5) is 0 Å². The van der Waals surface area contributed by atoms with E-state index in [9.17, 15) is 10.2 Å². The standard InChI is InChI=1S/C30H46O3/c1-26(2,3)24-22(17-18-23(32)25(24)27(4,5)6)30(28(7,8)9,29(10,11)12)33-19-20-13-15-21(31)16-14-20/h13-18,31-32H,19H2,1-12H3. The fourth-order valence-electron chi connectivity index (χ4n) is 5.65. The van der Waals surface area contributed by atoms with Crippen LogP contribution in [0.15, 0.2) is 36.4 Å². The maximum Gasteiger partial charge on any atom is 0.119 e. The van der Waals surface area contributed by atoms with Gasteiger partial charge in [0.1, 0.15) is 17.1 Å². The van der Waals surface area contributed by atoms with E-state index >= 15 is 0 Å². The summed E-state index contributed by atoms with van der Waals surface area (Å²) in [7, 11) is 0. The molecule has 0 aliphatic carbocycles. The summed E-state index contributed by atoms with van der Waals surface area (Å²) in [5, 5.41) is 20.8. The van der Waals surface area contributed by atoms with Crippen molar-refractivity contribution in [3.63, 3.8) is 0 Å². The first kappa shape index (κ1) is 27.2. The summed E-state index contributed by atoms with van der Waals surface area (Å²) in [5.74, 6) is 0.589. The molecule has 2 aromatic carbocycles. The Balaban J connectivity index is 2.94. The lowest BCUT2D eigenvalue weighted by Crippen LogP contribution is -2.53. The molecule has 0 radical (unpaired) electrons. The third kappa shape index (κ3) is 5.24. The molecule has 2 N–H and O–H groups in total. The van der Waals surface area contributed by atoms with E-state index in [1.165, 1.54) is 0 Å². The monoisotopic (exact) mass is 454 g/mol. The number of rotatable bonds is 4. The third-order valence-electron chi connectivity index (χ3n) is 6.57. The lowest BCUT2D eigenvalue weighted by molar-refractivity contribution is -0.198. The van der Waals surface area contributed by atoms with Crippen molar-refractivity contribution in [3.8, 4) is 11.5 Å². The second-order valence-corrected chi connectivity index (χ2v) is 13.5. The zero-order valence-corrected chi connectivity index (χ0v) is 23.0. The molecule has 0 aromatic heterocycles. The normalized spacial score (nSPS) is 13.9. The molecule has 0 aliphatic heterocycles. The van der Waals surface area contributed by atoms with Gasteiger partial charge in [0, 0.05) is 5.56 Å². The first-order chi connectivity index (χ1) is 14.7. The minimum atomic E-state index is -0.659. The topological polar surface area (TPSA) is 49.7 Å². The van der Waals surface area contributed by atoms with Crippen molar-refractivity contribution in [2.75, 3.05) is 0 Å². The van der Waals surface area contributed by atoms with Gasteiger partial charge in [-0.25, -0.2) is 0 Å². The van der Waals surface area contributed by atoms with Gasteiger partial charge < -0.3 is 14.9 Å². The molecule has 0 atom stereocenters. The van der Waals surface area contributed by atoms with Crippen LogP contribution in [0.25, 0.3) is 0 Å². The maximum atomic E-state index is 11.1. The molecule has 0 unspecified atom stereocenters. The highest BCUT2D eigenvalue weighted by molar-refractivity contribution is 5.54. The smallest absolute Gasteiger partial charge is 0.119 e. The van der Waals surface area contributed by atoms with Crippen molar-refractivity contribution in [2.24, 2.45) is 10.8 Å². The van der Waals surface area contributed by atoms with Gasteiger partial charge in [-0.2, -0.15) is 0 Å². The number of aromatic hydroxyl groups is 2. The molecule has 3 heteroatoms. The summed E-state index contributed by atoms with van der Waals surface area (Å²) in [5.41, 5.74) is 2.68. The average molecular weight is 455 g/mol. The number of phenols is 2. The Morgan fingerprint density at radius 2 is 1.06 bits per heavy atom. The van der Waals surface area contributed by atoms with Crippen LogP contribution in [0.2, 0.25) is 0 Å². The summed E-state index contributed by atoms with van der Waals surface area (Å²) in [6, 6.07) is 11.2. The maximum absolute atomic E-state index is 11.1. The second-order valence-electron chi connectivity index (χ2n) is 13.5. The molecule has 0 amide bonds. The molecular formula is C30H46O3. The third-order valence-corrected chi connectivity index (χ3v) is 6.57. The van der Waals surface area contributed by atoms with Gasteiger partial charge in [-0.1, -0.05) is 101 Å². The molecule has 0 saturated carbocycles. The number of hydrogen-bond donors (Lipinski definition) is 2. The van der Waals surface area contributed by atoms with Crippen LogP contribution in [0.5, 0.6) is 11.5 Å². The number of benzene rings is 2. The summed E-state index contributed by atoms with van der Waals surface area (Å²) in [6.07, 6.45) is 0. The van der Waals surface area contributed by atoms with Crippen molar-refractivity contribution >= 4 is 0 Å². The van der Waals surface area contributed by atoms with Gasteiger partial charge >= 0.3 is 0 Å². The van der Waals surface area contributed by atoms with Gasteiger partial charge in [0.25, 0.3) is 0 Å². The molecule has 3 nitrogen and oxygen atoms in total. The number of phenolic OH excluding ortho intramolecular Hbond substituents is 2. The minimum absolute atomic E-state index is 0.208. The molecular weight excluding hydrogens is 408 g/mol. The molecule has 0 bridgehead atoms. The zero-order valence-electron chi connectivity index (χ0n) is 23.0. The van der Waals surface area contributed by atoms with Crippen molar-refractivity contribution in [2.45, 2.75) is 106 Å². The number of hydrogen-bond acceptors (Lipinski definition) is 3. The highest BCUT2D eigenvalue weighted by Gasteiger charge is 2.55. The Morgan fingerprint density at radius 1 is 0.606 bits per heavy atom. The van der Waals surface area contributed by atoms with Crippen LogP contribution in [0.1, 0.15) is 105 Å². The Kier molecular flexibility index (Phi) is 7.14. The average Bonchev–Trinajstić information content (AvgIpc) is 2.60. The Hall–Kier alpha value is -2.00. The van der Waals surface area contributed by atoms with Crippen molar-refractivity contribution in [1.29, 1.82) is 0 Å². The van der Waals surface area contributed by atoms with Crippen LogP contribution in [0.3, 0.4) is 0 Å². The van der Waals surface area contributed by atoms with Gasteiger partial charge in [-0.05, 0) is 56.5 Å². The van der Waals surface area contributed by atoms with E-state index in [2.05, 4.69) is 89.2 Å². The van der Waals surface area contributed by atoms with E-state index in [1.807, 2.05) is 18.2 Å². The predicted octanol–water partition coefficient (Wildman–Crippen LogP) is 8.20. The summed E-state index contributed by atoms with van der Waals surface area (Å²) in [6.45, 7) is 27.0. The van der Waals surface area contributed by atoms with Crippen molar-refractivity contribution in [1.82, 2.24) is 0 Å². The van der Waals surface area contributed by atoms with Crippen LogP contribution in [-0.2, 0) is 27.8 Å². The van der Waals surface area contributed by atoms with Crippen LogP contribution in [-0.4, -0.2) is 10.2 Å². The predicted molar refractivity (Wildman–Crippen MR) is 139 cm³/mol. The van der Waals surface area contributed by atoms with Gasteiger partial charge in [-0.3, -0.25) is 0 Å². The summed E-state index contributed by atoms with van der Waals surface area (Å²) < 4.78 is 7.05. The van der Waals surface area contributed by atoms with Crippen molar-refractivity contribution < 1.29 is 14.9 Å². The number of ether oxygens (including phenoxy) is 1. The molecule has 0 aliphatic rings. The first-order valence-electron chi connectivity index (χ1n) is 12.0. The largest absolute Gasteiger partial charge is 0.508 e. The molecule has 0 spiro atoms. The minimum Gasteiger partial charge on any atom is -0.508 e. The Labute approximate surface area is 202 Å². The lowest BCUT2D eigenvalue weighted by Gasteiger charge is -2.55. The molecule has 0 saturated heterocycles. The van der Waals surface area contributed by atoms with E-state index in [-0.39, 0.29) is 27.4 Å². The molecule has 2 aromatic rings. The van der Waals surface area contributed by atoms with Gasteiger partial charge in [0.15, 0.2) is 0 Å². The van der Waals surface area contributed by atoms with Gasteiger partial charge in [-0.15, -0.1) is 0 Å². The van der Waals surface area contributed by atoms with E-state index in [0.29, 0.717) is 12.4 Å². The fourth-order valence-corrected chi connectivity index (χ4v) is 5.65. The Morgan fingerprint density at radius 3 is 1.45 bits per heavy atom. The van der Waals surface area contributed by atoms with Gasteiger partial charge in [0.2, 0.25) is 0 Å². The van der Waals surface area contributed by atoms with Crippen molar-refractivity contribution in [3.05, 3.63) is 58.7 Å². The highest BCUT2D eigenvalue weighted by atomic mass is 16.5. The molecule has 184 valence electrons. The van der Waals surface area contributed by atoms with E-state index < -0.39 is 5.60 Å². The highest BCUT2D eigenvalue weighted by Crippen LogP contribution is 2.58.